The minimum absolute atomic E-state index is 0.105. The number of carboxylic acids is 1. The summed E-state index contributed by atoms with van der Waals surface area (Å²) in [5.74, 6) is -1.30. The van der Waals surface area contributed by atoms with Crippen LogP contribution in [-0.4, -0.2) is 28.6 Å². The first-order valence-electron chi connectivity index (χ1n) is 6.63. The molecule has 2 aromatic rings. The average Bonchev–Trinajstić information content (AvgIpc) is 3.00. The molecule has 7 heteroatoms. The van der Waals surface area contributed by atoms with Crippen LogP contribution in [0.25, 0.3) is 6.08 Å². The summed E-state index contributed by atoms with van der Waals surface area (Å²) in [5, 5.41) is 18.7. The molecule has 0 saturated carbocycles. The molecule has 0 aliphatic rings. The minimum atomic E-state index is -1.07. The predicted octanol–water partition coefficient (Wildman–Crippen LogP) is 4.10. The number of carboxylic acid groups (broad SMARTS) is 1. The van der Waals surface area contributed by atoms with E-state index >= 15 is 0 Å². The van der Waals surface area contributed by atoms with Crippen molar-refractivity contribution in [3.05, 3.63) is 50.7 Å². The van der Waals surface area contributed by atoms with Crippen LogP contribution in [0.3, 0.4) is 0 Å². The Morgan fingerprint density at radius 3 is 2.61 bits per heavy atom. The summed E-state index contributed by atoms with van der Waals surface area (Å²) >= 11 is 6.82. The lowest BCUT2D eigenvalue weighted by Crippen LogP contribution is -1.93. The van der Waals surface area contributed by atoms with Gasteiger partial charge < -0.3 is 14.9 Å². The Hall–Kier alpha value is -2.31. The van der Waals surface area contributed by atoms with Gasteiger partial charge in [0.15, 0.2) is 17.3 Å². The van der Waals surface area contributed by atoms with E-state index in [2.05, 4.69) is 0 Å². The van der Waals surface area contributed by atoms with Crippen LogP contribution in [0.1, 0.15) is 31.8 Å². The molecule has 1 aromatic heterocycles. The van der Waals surface area contributed by atoms with Crippen LogP contribution in [0.5, 0.6) is 11.5 Å². The zero-order chi connectivity index (χ0) is 17.0. The third-order valence-corrected chi connectivity index (χ3v) is 4.21. The van der Waals surface area contributed by atoms with Gasteiger partial charge in [-0.15, -0.1) is 11.3 Å². The molecule has 5 nitrogen and oxygen atoms in total. The van der Waals surface area contributed by atoms with E-state index in [1.807, 2.05) is 0 Å². The van der Waals surface area contributed by atoms with Gasteiger partial charge in [0.05, 0.1) is 16.5 Å². The Balaban J connectivity index is 2.21. The van der Waals surface area contributed by atoms with Gasteiger partial charge in [-0.2, -0.15) is 0 Å². The molecule has 0 radical (unpaired) electrons. The lowest BCUT2D eigenvalue weighted by atomic mass is 10.1. The topological polar surface area (TPSA) is 83.8 Å². The van der Waals surface area contributed by atoms with Gasteiger partial charge in [0, 0.05) is 0 Å². The largest absolute Gasteiger partial charge is 0.503 e. The number of hydrogen-bond donors (Lipinski definition) is 2. The molecule has 2 rings (SSSR count). The number of thiophene rings is 1. The fourth-order valence-corrected chi connectivity index (χ4v) is 2.78. The number of phenolic OH excluding ortho intramolecular Hbond substituents is 1. The first kappa shape index (κ1) is 17.1. The number of aromatic hydroxyl groups is 1. The van der Waals surface area contributed by atoms with Crippen LogP contribution >= 0.6 is 22.9 Å². The summed E-state index contributed by atoms with van der Waals surface area (Å²) in [4.78, 5) is 23.3. The summed E-state index contributed by atoms with van der Waals surface area (Å²) in [7, 11) is 0. The molecule has 0 aliphatic carbocycles. The molecule has 0 spiro atoms. The highest BCUT2D eigenvalue weighted by Gasteiger charge is 2.12. The molecule has 0 saturated heterocycles. The molecule has 1 aromatic carbocycles. The number of allylic oxidation sites excluding steroid dienone is 1. The zero-order valence-corrected chi connectivity index (χ0v) is 13.6. The molecular formula is C16H13ClO5S. The van der Waals surface area contributed by atoms with Crippen LogP contribution < -0.4 is 4.74 Å². The summed E-state index contributed by atoms with van der Waals surface area (Å²) in [5.41, 5.74) is 0.583. The van der Waals surface area contributed by atoms with Gasteiger partial charge in [-0.05, 0) is 42.8 Å². The summed E-state index contributed by atoms with van der Waals surface area (Å²) in [6, 6.07) is 5.92. The maximum atomic E-state index is 12.0. The number of carbonyl (C=O) groups is 2. The van der Waals surface area contributed by atoms with Gasteiger partial charge in [-0.1, -0.05) is 17.7 Å². The molecule has 0 amide bonds. The van der Waals surface area contributed by atoms with E-state index in [0.717, 1.165) is 11.3 Å². The summed E-state index contributed by atoms with van der Waals surface area (Å²) in [6.45, 7) is 2.14. The number of ketones is 1. The highest BCUT2D eigenvalue weighted by Crippen LogP contribution is 2.35. The third-order valence-electron chi connectivity index (χ3n) is 2.84. The number of phenols is 1. The van der Waals surface area contributed by atoms with Gasteiger partial charge in [-0.25, -0.2) is 4.79 Å². The van der Waals surface area contributed by atoms with Crippen molar-refractivity contribution in [2.45, 2.75) is 6.92 Å². The Morgan fingerprint density at radius 1 is 1.30 bits per heavy atom. The van der Waals surface area contributed by atoms with E-state index in [-0.39, 0.29) is 27.2 Å². The van der Waals surface area contributed by atoms with E-state index < -0.39 is 5.97 Å². The molecule has 0 fully saturated rings. The first-order valence-corrected chi connectivity index (χ1v) is 7.82. The van der Waals surface area contributed by atoms with E-state index in [1.54, 1.807) is 13.0 Å². The molecule has 120 valence electrons. The summed E-state index contributed by atoms with van der Waals surface area (Å²) in [6.07, 6.45) is 2.84. The Bertz CT molecular complexity index is 779. The van der Waals surface area contributed by atoms with E-state index in [9.17, 15) is 14.7 Å². The zero-order valence-electron chi connectivity index (χ0n) is 12.1. The highest BCUT2D eigenvalue weighted by molar-refractivity contribution is 7.16. The van der Waals surface area contributed by atoms with Crippen molar-refractivity contribution in [2.75, 3.05) is 6.61 Å². The fourth-order valence-electron chi connectivity index (χ4n) is 1.79. The highest BCUT2D eigenvalue weighted by atomic mass is 35.5. The monoisotopic (exact) mass is 352 g/mol. The number of aromatic carboxylic acids is 1. The smallest absolute Gasteiger partial charge is 0.345 e. The third kappa shape index (κ3) is 4.12. The van der Waals surface area contributed by atoms with E-state index in [4.69, 9.17) is 21.4 Å². The van der Waals surface area contributed by atoms with Gasteiger partial charge in [0.2, 0.25) is 0 Å². The molecule has 0 atom stereocenters. The van der Waals surface area contributed by atoms with Crippen molar-refractivity contribution in [1.29, 1.82) is 0 Å². The normalized spacial score (nSPS) is 10.9. The van der Waals surface area contributed by atoms with Crippen LogP contribution in [0.4, 0.5) is 0 Å². The second-order valence-electron chi connectivity index (χ2n) is 4.45. The number of rotatable bonds is 6. The Labute approximate surface area is 141 Å². The second kappa shape index (κ2) is 7.30. The van der Waals surface area contributed by atoms with Gasteiger partial charge in [-0.3, -0.25) is 4.79 Å². The number of ether oxygens (including phenoxy) is 1. The molecule has 0 unspecified atom stereocenters. The number of carbonyl (C=O) groups excluding carboxylic acids is 1. The van der Waals surface area contributed by atoms with Crippen LogP contribution in [0.15, 0.2) is 30.3 Å². The van der Waals surface area contributed by atoms with Crippen molar-refractivity contribution in [3.8, 4) is 11.5 Å². The maximum Gasteiger partial charge on any atom is 0.345 e. The SMILES string of the molecule is CCOc1cc(/C=C/C(=O)c2ccc(C(=O)O)s2)cc(Cl)c1O. The minimum Gasteiger partial charge on any atom is -0.503 e. The van der Waals surface area contributed by atoms with Crippen molar-refractivity contribution >= 4 is 40.8 Å². The van der Waals surface area contributed by atoms with Crippen molar-refractivity contribution in [3.63, 3.8) is 0 Å². The standard InChI is InChI=1S/C16H13ClO5S/c1-2-22-12-8-9(7-10(17)15(12)19)3-4-11(18)13-5-6-14(23-13)16(20)21/h3-8,19H,2H2,1H3,(H,20,21)/b4-3+. The molecule has 23 heavy (non-hydrogen) atoms. The van der Waals surface area contributed by atoms with Crippen molar-refractivity contribution < 1.29 is 24.5 Å². The Kier molecular flexibility index (Phi) is 5.41. The van der Waals surface area contributed by atoms with E-state index in [0.29, 0.717) is 17.0 Å². The quantitative estimate of drug-likeness (QED) is 0.604. The fraction of sp³-hybridized carbons (Fsp3) is 0.125. The van der Waals surface area contributed by atoms with Crippen LogP contribution in [-0.2, 0) is 0 Å². The van der Waals surface area contributed by atoms with Gasteiger partial charge >= 0.3 is 5.97 Å². The average molecular weight is 353 g/mol. The number of benzene rings is 1. The van der Waals surface area contributed by atoms with Crippen molar-refractivity contribution in [1.82, 2.24) is 0 Å². The maximum absolute atomic E-state index is 12.0. The summed E-state index contributed by atoms with van der Waals surface area (Å²) < 4.78 is 5.26. The number of hydrogen-bond acceptors (Lipinski definition) is 5. The molecule has 2 N–H and O–H groups in total. The van der Waals surface area contributed by atoms with Crippen LogP contribution in [0, 0.1) is 0 Å². The molecule has 1 heterocycles. The first-order chi connectivity index (χ1) is 10.9. The van der Waals surface area contributed by atoms with Gasteiger partial charge in [0.25, 0.3) is 0 Å². The van der Waals surface area contributed by atoms with E-state index in [1.165, 1.54) is 30.4 Å². The molecule has 0 aliphatic heterocycles. The number of halogens is 1. The van der Waals surface area contributed by atoms with Gasteiger partial charge in [0.1, 0.15) is 4.88 Å². The predicted molar refractivity (Wildman–Crippen MR) is 88.9 cm³/mol. The molecular weight excluding hydrogens is 340 g/mol. The molecule has 0 bridgehead atoms. The lowest BCUT2D eigenvalue weighted by Gasteiger charge is -2.08. The van der Waals surface area contributed by atoms with Crippen LogP contribution in [0.2, 0.25) is 5.02 Å². The van der Waals surface area contributed by atoms with Crippen molar-refractivity contribution in [2.24, 2.45) is 0 Å². The lowest BCUT2D eigenvalue weighted by molar-refractivity contribution is 0.0702. The Morgan fingerprint density at radius 2 is 2.00 bits per heavy atom. The second-order valence-corrected chi connectivity index (χ2v) is 5.94.